The van der Waals surface area contributed by atoms with Gasteiger partial charge in [-0.1, -0.05) is 26.0 Å². The van der Waals surface area contributed by atoms with Crippen LogP contribution < -0.4 is 10.6 Å². The molecule has 1 aromatic rings. The Morgan fingerprint density at radius 3 is 2.83 bits per heavy atom. The fourth-order valence-corrected chi connectivity index (χ4v) is 2.63. The molecule has 1 amide bonds. The van der Waals surface area contributed by atoms with Crippen molar-refractivity contribution in [2.45, 2.75) is 32.9 Å². The van der Waals surface area contributed by atoms with E-state index in [0.29, 0.717) is 12.5 Å². The number of hydrogen-bond acceptors (Lipinski definition) is 3. The van der Waals surface area contributed by atoms with Gasteiger partial charge in [0.15, 0.2) is 0 Å². The Morgan fingerprint density at radius 1 is 1.43 bits per heavy atom. The summed E-state index contributed by atoms with van der Waals surface area (Å²) in [6, 6.07) is 6.83. The third-order valence-corrected chi connectivity index (χ3v) is 4.32. The van der Waals surface area contributed by atoms with Gasteiger partial charge in [-0.15, -0.1) is 12.4 Å². The first-order chi connectivity index (χ1) is 10.5. The fourth-order valence-electron chi connectivity index (χ4n) is 2.63. The van der Waals surface area contributed by atoms with Crippen molar-refractivity contribution in [1.82, 2.24) is 15.5 Å². The summed E-state index contributed by atoms with van der Waals surface area (Å²) in [5, 5.41) is 6.35. The van der Waals surface area contributed by atoms with Crippen LogP contribution in [0.5, 0.6) is 0 Å². The lowest BCUT2D eigenvalue weighted by Gasteiger charge is -2.36. The normalized spacial score (nSPS) is 20.0. The van der Waals surface area contributed by atoms with Crippen LogP contribution in [-0.4, -0.2) is 43.0 Å². The van der Waals surface area contributed by atoms with Gasteiger partial charge in [-0.25, -0.2) is 4.39 Å². The predicted molar refractivity (Wildman–Crippen MR) is 93.3 cm³/mol. The average Bonchev–Trinajstić information content (AvgIpc) is 2.47. The molecule has 0 aromatic heterocycles. The number of amides is 1. The average molecular weight is 344 g/mol. The van der Waals surface area contributed by atoms with E-state index in [-0.39, 0.29) is 36.2 Å². The minimum absolute atomic E-state index is 0. The molecule has 0 saturated carbocycles. The van der Waals surface area contributed by atoms with Gasteiger partial charge in [0.2, 0.25) is 5.91 Å². The van der Waals surface area contributed by atoms with Crippen molar-refractivity contribution in [1.29, 1.82) is 0 Å². The summed E-state index contributed by atoms with van der Waals surface area (Å²) in [6.45, 7) is 8.90. The molecule has 1 aliphatic rings. The van der Waals surface area contributed by atoms with Crippen molar-refractivity contribution in [3.8, 4) is 0 Å². The van der Waals surface area contributed by atoms with Gasteiger partial charge in [0, 0.05) is 31.7 Å². The Kier molecular flexibility index (Phi) is 7.95. The molecular formula is C17H27ClFN3O. The highest BCUT2D eigenvalue weighted by atomic mass is 35.5. The molecule has 0 radical (unpaired) electrons. The summed E-state index contributed by atoms with van der Waals surface area (Å²) >= 11 is 0. The van der Waals surface area contributed by atoms with E-state index < -0.39 is 0 Å². The highest BCUT2D eigenvalue weighted by molar-refractivity contribution is 5.85. The van der Waals surface area contributed by atoms with E-state index in [9.17, 15) is 9.18 Å². The van der Waals surface area contributed by atoms with Crippen LogP contribution in [-0.2, 0) is 4.79 Å². The van der Waals surface area contributed by atoms with Gasteiger partial charge in [-0.05, 0) is 30.5 Å². The molecule has 1 heterocycles. The zero-order valence-electron chi connectivity index (χ0n) is 14.0. The SMILES string of the molecule is CC(C)C(C)NC(=O)CN1CCNCC1c1cccc(F)c1.Cl. The Balaban J connectivity index is 0.00000264. The second kappa shape index (κ2) is 9.21. The molecule has 1 saturated heterocycles. The van der Waals surface area contributed by atoms with Gasteiger partial charge in [0.05, 0.1) is 6.54 Å². The van der Waals surface area contributed by atoms with E-state index in [4.69, 9.17) is 0 Å². The summed E-state index contributed by atoms with van der Waals surface area (Å²) in [5.74, 6) is 0.205. The molecule has 0 bridgehead atoms. The van der Waals surface area contributed by atoms with Crippen molar-refractivity contribution < 1.29 is 9.18 Å². The van der Waals surface area contributed by atoms with Crippen molar-refractivity contribution in [3.63, 3.8) is 0 Å². The number of piperazine rings is 1. The molecule has 130 valence electrons. The first-order valence-corrected chi connectivity index (χ1v) is 7.97. The van der Waals surface area contributed by atoms with Crippen LogP contribution in [0.25, 0.3) is 0 Å². The van der Waals surface area contributed by atoms with Crippen LogP contribution in [0.4, 0.5) is 4.39 Å². The smallest absolute Gasteiger partial charge is 0.234 e. The van der Waals surface area contributed by atoms with Crippen LogP contribution in [0.3, 0.4) is 0 Å². The third kappa shape index (κ3) is 5.75. The Morgan fingerprint density at radius 2 is 2.17 bits per heavy atom. The van der Waals surface area contributed by atoms with Crippen molar-refractivity contribution in [2.75, 3.05) is 26.2 Å². The van der Waals surface area contributed by atoms with E-state index >= 15 is 0 Å². The van der Waals surface area contributed by atoms with Crippen molar-refractivity contribution in [2.24, 2.45) is 5.92 Å². The number of halogens is 2. The van der Waals surface area contributed by atoms with E-state index in [1.165, 1.54) is 6.07 Å². The summed E-state index contributed by atoms with van der Waals surface area (Å²) in [5.41, 5.74) is 0.914. The number of carbonyl (C=O) groups excluding carboxylic acids is 1. The quantitative estimate of drug-likeness (QED) is 0.862. The fraction of sp³-hybridized carbons (Fsp3) is 0.588. The summed E-state index contributed by atoms with van der Waals surface area (Å²) < 4.78 is 13.5. The van der Waals surface area contributed by atoms with Crippen LogP contribution in [0.1, 0.15) is 32.4 Å². The molecule has 23 heavy (non-hydrogen) atoms. The third-order valence-electron chi connectivity index (χ3n) is 4.32. The minimum Gasteiger partial charge on any atom is -0.352 e. The Bertz CT molecular complexity index is 512. The van der Waals surface area contributed by atoms with Crippen molar-refractivity contribution >= 4 is 18.3 Å². The van der Waals surface area contributed by atoms with Crippen LogP contribution in [0.15, 0.2) is 24.3 Å². The lowest BCUT2D eigenvalue weighted by Crippen LogP contribution is -2.50. The van der Waals surface area contributed by atoms with Gasteiger partial charge in [0.1, 0.15) is 5.82 Å². The molecule has 2 N–H and O–H groups in total. The van der Waals surface area contributed by atoms with E-state index in [1.54, 1.807) is 12.1 Å². The highest BCUT2D eigenvalue weighted by Crippen LogP contribution is 2.22. The van der Waals surface area contributed by atoms with Crippen LogP contribution in [0, 0.1) is 11.7 Å². The minimum atomic E-state index is -0.235. The van der Waals surface area contributed by atoms with E-state index in [1.807, 2.05) is 13.0 Å². The van der Waals surface area contributed by atoms with Gasteiger partial charge in [-0.3, -0.25) is 9.69 Å². The maximum atomic E-state index is 13.5. The van der Waals surface area contributed by atoms with Gasteiger partial charge in [-0.2, -0.15) is 0 Å². The van der Waals surface area contributed by atoms with Crippen LogP contribution >= 0.6 is 12.4 Å². The molecule has 2 rings (SSSR count). The Labute approximate surface area is 144 Å². The number of nitrogens with one attached hydrogen (secondary N) is 2. The molecule has 1 aliphatic heterocycles. The number of nitrogens with zero attached hydrogens (tertiary/aromatic N) is 1. The molecule has 0 spiro atoms. The molecule has 2 unspecified atom stereocenters. The van der Waals surface area contributed by atoms with E-state index in [0.717, 1.165) is 25.2 Å². The zero-order valence-corrected chi connectivity index (χ0v) is 14.8. The Hall–Kier alpha value is -1.17. The van der Waals surface area contributed by atoms with Gasteiger partial charge in [0.25, 0.3) is 0 Å². The van der Waals surface area contributed by atoms with E-state index in [2.05, 4.69) is 29.4 Å². The van der Waals surface area contributed by atoms with Gasteiger partial charge < -0.3 is 10.6 Å². The molecule has 2 atom stereocenters. The van der Waals surface area contributed by atoms with Crippen LogP contribution in [0.2, 0.25) is 0 Å². The summed E-state index contributed by atoms with van der Waals surface area (Å²) in [6.07, 6.45) is 0. The van der Waals surface area contributed by atoms with Gasteiger partial charge >= 0.3 is 0 Å². The topological polar surface area (TPSA) is 44.4 Å². The largest absolute Gasteiger partial charge is 0.352 e. The molecule has 1 fully saturated rings. The lowest BCUT2D eigenvalue weighted by atomic mass is 10.0. The standard InChI is InChI=1S/C17H26FN3O.ClH/c1-12(2)13(3)20-17(22)11-21-8-7-19-10-16(21)14-5-4-6-15(18)9-14;/h4-6,9,12-13,16,19H,7-8,10-11H2,1-3H3,(H,20,22);1H. The first-order valence-electron chi connectivity index (χ1n) is 7.97. The lowest BCUT2D eigenvalue weighted by molar-refractivity contribution is -0.124. The summed E-state index contributed by atoms with van der Waals surface area (Å²) in [7, 11) is 0. The molecular weight excluding hydrogens is 317 g/mol. The molecule has 6 heteroatoms. The zero-order chi connectivity index (χ0) is 16.1. The number of benzene rings is 1. The second-order valence-corrected chi connectivity index (χ2v) is 6.35. The summed E-state index contributed by atoms with van der Waals surface area (Å²) in [4.78, 5) is 14.3. The highest BCUT2D eigenvalue weighted by Gasteiger charge is 2.26. The molecule has 1 aromatic carbocycles. The maximum Gasteiger partial charge on any atom is 0.234 e. The molecule has 0 aliphatic carbocycles. The number of hydrogen-bond donors (Lipinski definition) is 2. The number of rotatable bonds is 5. The first kappa shape index (κ1) is 19.9. The van der Waals surface area contributed by atoms with Crippen molar-refractivity contribution in [3.05, 3.63) is 35.6 Å². The maximum absolute atomic E-state index is 13.5. The number of carbonyl (C=O) groups is 1. The molecule has 4 nitrogen and oxygen atoms in total. The second-order valence-electron chi connectivity index (χ2n) is 6.35. The monoisotopic (exact) mass is 343 g/mol. The predicted octanol–water partition coefficient (Wildman–Crippen LogP) is 2.35.